The van der Waals surface area contributed by atoms with E-state index in [-0.39, 0.29) is 0 Å². The standard InChI is InChI=1S/C13H26N2/c1-2-3-10(8-14)9-15-13(11-4-5-11)12-6-7-12/h10-13,15H,2-9,14H2,1H3. The average Bonchev–Trinajstić information content (AvgIpc) is 3.09. The summed E-state index contributed by atoms with van der Waals surface area (Å²) in [6.45, 7) is 4.26. The monoisotopic (exact) mass is 210 g/mol. The van der Waals surface area contributed by atoms with Crippen molar-refractivity contribution in [1.82, 2.24) is 5.32 Å². The highest BCUT2D eigenvalue weighted by Gasteiger charge is 2.41. The first-order valence-corrected chi connectivity index (χ1v) is 6.78. The van der Waals surface area contributed by atoms with Crippen molar-refractivity contribution >= 4 is 0 Å². The van der Waals surface area contributed by atoms with Crippen LogP contribution in [0.15, 0.2) is 0 Å². The van der Waals surface area contributed by atoms with E-state index in [1.54, 1.807) is 0 Å². The molecule has 0 amide bonds. The van der Waals surface area contributed by atoms with E-state index in [4.69, 9.17) is 5.73 Å². The lowest BCUT2D eigenvalue weighted by Gasteiger charge is -2.21. The molecule has 2 aliphatic carbocycles. The molecule has 2 fully saturated rings. The molecule has 0 aromatic rings. The first-order chi connectivity index (χ1) is 7.35. The number of nitrogens with one attached hydrogen (secondary N) is 1. The van der Waals surface area contributed by atoms with Crippen LogP contribution in [0.5, 0.6) is 0 Å². The second-order valence-electron chi connectivity index (χ2n) is 5.50. The lowest BCUT2D eigenvalue weighted by atomic mass is 10.0. The van der Waals surface area contributed by atoms with Crippen molar-refractivity contribution in [2.24, 2.45) is 23.5 Å². The Balaban J connectivity index is 1.69. The Bertz CT molecular complexity index is 173. The molecule has 1 atom stereocenters. The Labute approximate surface area is 94.0 Å². The van der Waals surface area contributed by atoms with E-state index < -0.39 is 0 Å². The smallest absolute Gasteiger partial charge is 0.0124 e. The second kappa shape index (κ2) is 5.31. The molecular weight excluding hydrogens is 184 g/mol. The third kappa shape index (κ3) is 3.46. The summed E-state index contributed by atoms with van der Waals surface area (Å²) in [5, 5.41) is 3.80. The summed E-state index contributed by atoms with van der Waals surface area (Å²) >= 11 is 0. The van der Waals surface area contributed by atoms with Gasteiger partial charge < -0.3 is 11.1 Å². The molecule has 1 unspecified atom stereocenters. The molecule has 2 heteroatoms. The number of hydrogen-bond acceptors (Lipinski definition) is 2. The van der Waals surface area contributed by atoms with E-state index in [0.29, 0.717) is 5.92 Å². The topological polar surface area (TPSA) is 38.0 Å². The van der Waals surface area contributed by atoms with Crippen molar-refractivity contribution in [3.63, 3.8) is 0 Å². The van der Waals surface area contributed by atoms with Crippen LogP contribution in [0.4, 0.5) is 0 Å². The average molecular weight is 210 g/mol. The number of hydrogen-bond donors (Lipinski definition) is 2. The summed E-state index contributed by atoms with van der Waals surface area (Å²) in [7, 11) is 0. The van der Waals surface area contributed by atoms with Gasteiger partial charge in [-0.25, -0.2) is 0 Å². The van der Waals surface area contributed by atoms with E-state index in [2.05, 4.69) is 12.2 Å². The highest BCUT2D eigenvalue weighted by atomic mass is 15.0. The van der Waals surface area contributed by atoms with Gasteiger partial charge in [-0.3, -0.25) is 0 Å². The number of rotatable bonds is 8. The van der Waals surface area contributed by atoms with Crippen molar-refractivity contribution in [2.45, 2.75) is 51.5 Å². The minimum Gasteiger partial charge on any atom is -0.330 e. The summed E-state index contributed by atoms with van der Waals surface area (Å²) in [6.07, 6.45) is 8.42. The second-order valence-corrected chi connectivity index (χ2v) is 5.50. The Hall–Kier alpha value is -0.0800. The van der Waals surface area contributed by atoms with Gasteiger partial charge in [0.2, 0.25) is 0 Å². The Kier molecular flexibility index (Phi) is 4.04. The first kappa shape index (κ1) is 11.4. The van der Waals surface area contributed by atoms with Gasteiger partial charge in [0.1, 0.15) is 0 Å². The van der Waals surface area contributed by atoms with Crippen molar-refractivity contribution in [3.8, 4) is 0 Å². The van der Waals surface area contributed by atoms with Gasteiger partial charge in [0.05, 0.1) is 0 Å². The van der Waals surface area contributed by atoms with Crippen molar-refractivity contribution in [1.29, 1.82) is 0 Å². The zero-order valence-electron chi connectivity index (χ0n) is 10.0. The summed E-state index contributed by atoms with van der Waals surface area (Å²) in [6, 6.07) is 0.843. The first-order valence-electron chi connectivity index (χ1n) is 6.78. The van der Waals surface area contributed by atoms with Crippen LogP contribution in [0.25, 0.3) is 0 Å². The maximum Gasteiger partial charge on any atom is 0.0124 e. The zero-order chi connectivity index (χ0) is 10.7. The van der Waals surface area contributed by atoms with Crippen LogP contribution >= 0.6 is 0 Å². The van der Waals surface area contributed by atoms with Crippen LogP contribution in [0.3, 0.4) is 0 Å². The van der Waals surface area contributed by atoms with Crippen LogP contribution in [-0.4, -0.2) is 19.1 Å². The van der Waals surface area contributed by atoms with Gasteiger partial charge in [0, 0.05) is 6.04 Å². The predicted octanol–water partition coefficient (Wildman–Crippen LogP) is 2.14. The lowest BCUT2D eigenvalue weighted by molar-refractivity contribution is 0.362. The van der Waals surface area contributed by atoms with Crippen molar-refractivity contribution in [2.75, 3.05) is 13.1 Å². The summed E-state index contributed by atoms with van der Waals surface area (Å²) in [4.78, 5) is 0. The molecule has 0 spiro atoms. The van der Waals surface area contributed by atoms with Crippen LogP contribution in [-0.2, 0) is 0 Å². The van der Waals surface area contributed by atoms with Gasteiger partial charge in [-0.15, -0.1) is 0 Å². The van der Waals surface area contributed by atoms with Crippen molar-refractivity contribution < 1.29 is 0 Å². The van der Waals surface area contributed by atoms with E-state index >= 15 is 0 Å². The molecule has 0 aromatic heterocycles. The van der Waals surface area contributed by atoms with Crippen molar-refractivity contribution in [3.05, 3.63) is 0 Å². The molecule has 15 heavy (non-hydrogen) atoms. The van der Waals surface area contributed by atoms with E-state index in [1.165, 1.54) is 38.5 Å². The molecule has 0 aromatic carbocycles. The van der Waals surface area contributed by atoms with E-state index in [9.17, 15) is 0 Å². The van der Waals surface area contributed by atoms with Crippen LogP contribution in [0.2, 0.25) is 0 Å². The van der Waals surface area contributed by atoms with Crippen LogP contribution in [0.1, 0.15) is 45.4 Å². The van der Waals surface area contributed by atoms with Gasteiger partial charge in [0.15, 0.2) is 0 Å². The van der Waals surface area contributed by atoms with Crippen LogP contribution in [0, 0.1) is 17.8 Å². The zero-order valence-corrected chi connectivity index (χ0v) is 10.0. The third-order valence-corrected chi connectivity index (χ3v) is 3.93. The highest BCUT2D eigenvalue weighted by molar-refractivity contribution is 4.96. The summed E-state index contributed by atoms with van der Waals surface area (Å²) in [5.74, 6) is 2.73. The summed E-state index contributed by atoms with van der Waals surface area (Å²) < 4.78 is 0. The van der Waals surface area contributed by atoms with Gasteiger partial charge in [-0.1, -0.05) is 13.3 Å². The molecule has 2 saturated carbocycles. The van der Waals surface area contributed by atoms with Gasteiger partial charge in [-0.2, -0.15) is 0 Å². The molecule has 88 valence electrons. The minimum absolute atomic E-state index is 0.704. The molecular formula is C13H26N2. The van der Waals surface area contributed by atoms with Gasteiger partial charge in [0.25, 0.3) is 0 Å². The molecule has 2 rings (SSSR count). The maximum absolute atomic E-state index is 5.79. The molecule has 2 aliphatic rings. The highest BCUT2D eigenvalue weighted by Crippen LogP contribution is 2.44. The number of nitrogens with two attached hydrogens (primary N) is 1. The fourth-order valence-electron chi connectivity index (χ4n) is 2.64. The van der Waals surface area contributed by atoms with Gasteiger partial charge >= 0.3 is 0 Å². The molecule has 0 radical (unpaired) electrons. The molecule has 0 heterocycles. The molecule has 2 nitrogen and oxygen atoms in total. The van der Waals surface area contributed by atoms with Gasteiger partial charge in [-0.05, 0) is 62.9 Å². The van der Waals surface area contributed by atoms with E-state index in [0.717, 1.165) is 31.0 Å². The quantitative estimate of drug-likeness (QED) is 0.644. The normalized spacial score (nSPS) is 23.4. The Morgan fingerprint density at radius 3 is 2.20 bits per heavy atom. The molecule has 0 aliphatic heterocycles. The Morgan fingerprint density at radius 2 is 1.80 bits per heavy atom. The maximum atomic E-state index is 5.79. The molecule has 3 N–H and O–H groups in total. The Morgan fingerprint density at radius 1 is 1.20 bits per heavy atom. The fraction of sp³-hybridized carbons (Fsp3) is 1.00. The minimum atomic E-state index is 0.704. The SMILES string of the molecule is CCCC(CN)CNC(C1CC1)C1CC1. The largest absolute Gasteiger partial charge is 0.330 e. The fourth-order valence-corrected chi connectivity index (χ4v) is 2.64. The third-order valence-electron chi connectivity index (χ3n) is 3.93. The lowest BCUT2D eigenvalue weighted by Crippen LogP contribution is -2.38. The molecule has 0 bridgehead atoms. The predicted molar refractivity (Wildman–Crippen MR) is 64.7 cm³/mol. The van der Waals surface area contributed by atoms with Crippen LogP contribution < -0.4 is 11.1 Å². The molecule has 0 saturated heterocycles. The summed E-state index contributed by atoms with van der Waals surface area (Å²) in [5.41, 5.74) is 5.79. The van der Waals surface area contributed by atoms with E-state index in [1.807, 2.05) is 0 Å².